The van der Waals surface area contributed by atoms with Crippen LogP contribution in [0.4, 0.5) is 4.39 Å². The second-order valence-electron chi connectivity index (χ2n) is 5.67. The summed E-state index contributed by atoms with van der Waals surface area (Å²) >= 11 is 3.34. The van der Waals surface area contributed by atoms with Gasteiger partial charge in [-0.2, -0.15) is 0 Å². The molecule has 1 aromatic rings. The molecule has 0 radical (unpaired) electrons. The van der Waals surface area contributed by atoms with Crippen molar-refractivity contribution in [2.45, 2.75) is 12.8 Å². The Morgan fingerprint density at radius 3 is 2.48 bits per heavy atom. The molecule has 2 fully saturated rings. The van der Waals surface area contributed by atoms with Crippen molar-refractivity contribution in [2.24, 2.45) is 11.8 Å². The van der Waals surface area contributed by atoms with Crippen molar-refractivity contribution in [1.82, 2.24) is 10.2 Å². The van der Waals surface area contributed by atoms with E-state index in [-0.39, 0.29) is 24.1 Å². The standard InChI is InChI=1S/C15H18BrFN2O.ClH/c16-14-2-1-12(17)7-13(14)15(20)19-5-3-10-8-18-9-11(10)4-6-19;/h1-2,7,10-11,18H,3-6,8-9H2;1H/t10-,11+;. The van der Waals surface area contributed by atoms with Crippen LogP contribution in [0.2, 0.25) is 0 Å². The van der Waals surface area contributed by atoms with Crippen LogP contribution in [0.25, 0.3) is 0 Å². The molecule has 0 unspecified atom stereocenters. The molecule has 2 aliphatic heterocycles. The number of carbonyl (C=O) groups is 1. The van der Waals surface area contributed by atoms with Crippen LogP contribution in [0.15, 0.2) is 22.7 Å². The van der Waals surface area contributed by atoms with Gasteiger partial charge in [-0.15, -0.1) is 12.4 Å². The van der Waals surface area contributed by atoms with Crippen LogP contribution in [-0.2, 0) is 0 Å². The number of amides is 1. The smallest absolute Gasteiger partial charge is 0.255 e. The van der Waals surface area contributed by atoms with Gasteiger partial charge in [0.15, 0.2) is 0 Å². The van der Waals surface area contributed by atoms with Gasteiger partial charge in [-0.3, -0.25) is 4.79 Å². The summed E-state index contributed by atoms with van der Waals surface area (Å²) < 4.78 is 14.0. The first-order chi connectivity index (χ1) is 9.65. The quantitative estimate of drug-likeness (QED) is 0.816. The van der Waals surface area contributed by atoms with Crippen molar-refractivity contribution >= 4 is 34.2 Å². The van der Waals surface area contributed by atoms with Gasteiger partial charge in [0, 0.05) is 17.6 Å². The van der Waals surface area contributed by atoms with E-state index in [4.69, 9.17) is 0 Å². The third-order valence-electron chi connectivity index (χ3n) is 4.47. The van der Waals surface area contributed by atoms with Crippen LogP contribution < -0.4 is 5.32 Å². The number of nitrogens with one attached hydrogen (secondary N) is 1. The summed E-state index contributed by atoms with van der Waals surface area (Å²) in [5.74, 6) is 0.934. The Bertz CT molecular complexity index is 514. The maximum atomic E-state index is 13.3. The summed E-state index contributed by atoms with van der Waals surface area (Å²) in [4.78, 5) is 14.4. The summed E-state index contributed by atoms with van der Waals surface area (Å²) in [7, 11) is 0. The van der Waals surface area contributed by atoms with E-state index in [0.717, 1.165) is 39.0 Å². The molecule has 0 saturated carbocycles. The van der Waals surface area contributed by atoms with Crippen LogP contribution in [0.1, 0.15) is 23.2 Å². The van der Waals surface area contributed by atoms with Crippen LogP contribution in [0.3, 0.4) is 0 Å². The average Bonchev–Trinajstić information content (AvgIpc) is 2.80. The molecule has 1 aromatic carbocycles. The molecule has 0 aliphatic carbocycles. The highest BCUT2D eigenvalue weighted by Crippen LogP contribution is 2.28. The Morgan fingerprint density at radius 1 is 1.24 bits per heavy atom. The number of hydrogen-bond donors (Lipinski definition) is 1. The lowest BCUT2D eigenvalue weighted by Crippen LogP contribution is -2.33. The maximum absolute atomic E-state index is 13.3. The largest absolute Gasteiger partial charge is 0.339 e. The van der Waals surface area contributed by atoms with Gasteiger partial charge in [0.2, 0.25) is 0 Å². The maximum Gasteiger partial charge on any atom is 0.255 e. The predicted octanol–water partition coefficient (Wildman–Crippen LogP) is 3.08. The molecule has 0 aromatic heterocycles. The first-order valence-corrected chi connectivity index (χ1v) is 7.89. The molecule has 0 spiro atoms. The van der Waals surface area contributed by atoms with Gasteiger partial charge in [-0.25, -0.2) is 4.39 Å². The minimum Gasteiger partial charge on any atom is -0.339 e. The lowest BCUT2D eigenvalue weighted by atomic mass is 9.92. The van der Waals surface area contributed by atoms with E-state index in [1.807, 2.05) is 4.90 Å². The first-order valence-electron chi connectivity index (χ1n) is 7.10. The van der Waals surface area contributed by atoms with Crippen LogP contribution in [0, 0.1) is 17.7 Å². The number of halogens is 3. The van der Waals surface area contributed by atoms with E-state index < -0.39 is 0 Å². The summed E-state index contributed by atoms with van der Waals surface area (Å²) in [5, 5.41) is 3.42. The fourth-order valence-corrected chi connectivity index (χ4v) is 3.67. The molecule has 21 heavy (non-hydrogen) atoms. The van der Waals surface area contributed by atoms with Crippen LogP contribution in [0.5, 0.6) is 0 Å². The van der Waals surface area contributed by atoms with Gasteiger partial charge in [-0.1, -0.05) is 0 Å². The summed E-state index contributed by atoms with van der Waals surface area (Å²) in [5.41, 5.74) is 0.426. The van der Waals surface area contributed by atoms with Crippen molar-refractivity contribution in [3.05, 3.63) is 34.1 Å². The highest BCUT2D eigenvalue weighted by molar-refractivity contribution is 9.10. The number of carbonyl (C=O) groups excluding carboxylic acids is 1. The Balaban J connectivity index is 0.00000161. The lowest BCUT2D eigenvalue weighted by molar-refractivity contribution is 0.0757. The fourth-order valence-electron chi connectivity index (χ4n) is 3.25. The van der Waals surface area contributed by atoms with Crippen molar-refractivity contribution in [1.29, 1.82) is 0 Å². The highest BCUT2D eigenvalue weighted by Gasteiger charge is 2.32. The monoisotopic (exact) mass is 376 g/mol. The molecule has 2 atom stereocenters. The van der Waals surface area contributed by atoms with Crippen LogP contribution in [-0.4, -0.2) is 37.0 Å². The van der Waals surface area contributed by atoms with E-state index in [9.17, 15) is 9.18 Å². The molecule has 1 amide bonds. The Hall–Kier alpha value is -0.650. The minimum absolute atomic E-state index is 0. The Morgan fingerprint density at radius 2 is 1.86 bits per heavy atom. The molecule has 0 bridgehead atoms. The second kappa shape index (κ2) is 7.07. The van der Waals surface area contributed by atoms with Gasteiger partial charge in [0.05, 0.1) is 5.56 Å². The summed E-state index contributed by atoms with van der Waals surface area (Å²) in [6.07, 6.45) is 2.08. The topological polar surface area (TPSA) is 32.3 Å². The molecule has 2 aliphatic rings. The minimum atomic E-state index is -0.368. The van der Waals surface area contributed by atoms with Gasteiger partial charge in [-0.05, 0) is 71.9 Å². The second-order valence-corrected chi connectivity index (χ2v) is 6.53. The number of hydrogen-bond acceptors (Lipinski definition) is 2. The van der Waals surface area contributed by atoms with Gasteiger partial charge in [0.25, 0.3) is 5.91 Å². The highest BCUT2D eigenvalue weighted by atomic mass is 79.9. The normalized spacial score (nSPS) is 25.0. The average molecular weight is 378 g/mol. The van der Waals surface area contributed by atoms with E-state index in [2.05, 4.69) is 21.2 Å². The lowest BCUT2D eigenvalue weighted by Gasteiger charge is -2.21. The SMILES string of the molecule is Cl.O=C(c1cc(F)ccc1Br)N1CC[C@@H]2CNC[C@@H]2CC1. The van der Waals surface area contributed by atoms with Crippen molar-refractivity contribution < 1.29 is 9.18 Å². The number of rotatable bonds is 1. The molecule has 3 rings (SSSR count). The number of benzene rings is 1. The van der Waals surface area contributed by atoms with Crippen molar-refractivity contribution in [3.8, 4) is 0 Å². The predicted molar refractivity (Wildman–Crippen MR) is 86.3 cm³/mol. The molecule has 2 saturated heterocycles. The third-order valence-corrected chi connectivity index (χ3v) is 5.16. The van der Waals surface area contributed by atoms with E-state index in [1.165, 1.54) is 12.1 Å². The Kier molecular flexibility index (Phi) is 5.63. The molecular weight excluding hydrogens is 359 g/mol. The van der Waals surface area contributed by atoms with E-state index >= 15 is 0 Å². The zero-order chi connectivity index (χ0) is 14.1. The van der Waals surface area contributed by atoms with Crippen molar-refractivity contribution in [3.63, 3.8) is 0 Å². The van der Waals surface area contributed by atoms with Gasteiger partial charge < -0.3 is 10.2 Å². The number of fused-ring (bicyclic) bond motifs is 1. The van der Waals surface area contributed by atoms with E-state index in [0.29, 0.717) is 21.9 Å². The zero-order valence-electron chi connectivity index (χ0n) is 11.6. The molecule has 116 valence electrons. The van der Waals surface area contributed by atoms with E-state index in [1.54, 1.807) is 6.07 Å². The summed E-state index contributed by atoms with van der Waals surface area (Å²) in [6, 6.07) is 4.28. The first kappa shape index (κ1) is 16.7. The number of nitrogens with zero attached hydrogens (tertiary/aromatic N) is 1. The van der Waals surface area contributed by atoms with Crippen LogP contribution >= 0.6 is 28.3 Å². The zero-order valence-corrected chi connectivity index (χ0v) is 14.1. The Labute approximate surface area is 138 Å². The summed E-state index contributed by atoms with van der Waals surface area (Å²) in [6.45, 7) is 3.67. The number of likely N-dealkylation sites (tertiary alicyclic amines) is 1. The van der Waals surface area contributed by atoms with Gasteiger partial charge in [0.1, 0.15) is 5.82 Å². The molecule has 3 nitrogen and oxygen atoms in total. The fraction of sp³-hybridized carbons (Fsp3) is 0.533. The van der Waals surface area contributed by atoms with Gasteiger partial charge >= 0.3 is 0 Å². The molecular formula is C15H19BrClFN2O. The molecule has 2 heterocycles. The molecule has 6 heteroatoms. The molecule has 1 N–H and O–H groups in total. The van der Waals surface area contributed by atoms with Crippen molar-refractivity contribution in [2.75, 3.05) is 26.2 Å². The third kappa shape index (κ3) is 3.58.